The third-order valence-electron chi connectivity index (χ3n) is 2.99. The molecule has 3 unspecified atom stereocenters. The summed E-state index contributed by atoms with van der Waals surface area (Å²) >= 11 is 2.12. The number of hydrogen-bond acceptors (Lipinski definition) is 2. The van der Waals surface area contributed by atoms with Crippen molar-refractivity contribution in [3.63, 3.8) is 0 Å². The monoisotopic (exact) mass is 201 g/mol. The molecule has 0 radical (unpaired) electrons. The van der Waals surface area contributed by atoms with Crippen LogP contribution in [0, 0.1) is 0 Å². The highest BCUT2D eigenvalue weighted by Gasteiger charge is 2.21. The number of thioether (sulfide) groups is 1. The van der Waals surface area contributed by atoms with Gasteiger partial charge in [-0.25, -0.2) is 0 Å². The summed E-state index contributed by atoms with van der Waals surface area (Å²) in [5, 5.41) is 1.52. The van der Waals surface area contributed by atoms with Crippen molar-refractivity contribution in [3.05, 3.63) is 0 Å². The van der Waals surface area contributed by atoms with Crippen molar-refractivity contribution in [2.45, 2.75) is 68.9 Å². The van der Waals surface area contributed by atoms with Crippen LogP contribution in [-0.4, -0.2) is 16.5 Å². The Morgan fingerprint density at radius 3 is 2.69 bits per heavy atom. The summed E-state index contributed by atoms with van der Waals surface area (Å²) in [4.78, 5) is 0. The molecule has 0 aromatic carbocycles. The maximum absolute atomic E-state index is 6.16. The van der Waals surface area contributed by atoms with Crippen LogP contribution in [0.5, 0.6) is 0 Å². The smallest absolute Gasteiger partial charge is 0.0201 e. The van der Waals surface area contributed by atoms with Crippen molar-refractivity contribution in [3.8, 4) is 0 Å². The second-order valence-corrected chi connectivity index (χ2v) is 5.88. The van der Waals surface area contributed by atoms with E-state index in [0.717, 1.165) is 10.5 Å². The molecule has 1 fully saturated rings. The van der Waals surface area contributed by atoms with Crippen LogP contribution in [0.25, 0.3) is 0 Å². The molecule has 13 heavy (non-hydrogen) atoms. The first kappa shape index (κ1) is 11.4. The molecule has 1 aliphatic rings. The Kier molecular flexibility index (Phi) is 5.18. The molecular weight excluding hydrogens is 178 g/mol. The average Bonchev–Trinajstić information content (AvgIpc) is 2.32. The molecule has 1 rings (SSSR count). The van der Waals surface area contributed by atoms with Gasteiger partial charge in [-0.15, -0.1) is 0 Å². The van der Waals surface area contributed by atoms with E-state index in [1.165, 1.54) is 38.5 Å². The number of hydrogen-bond donors (Lipinski definition) is 1. The predicted molar refractivity (Wildman–Crippen MR) is 62.2 cm³/mol. The summed E-state index contributed by atoms with van der Waals surface area (Å²) in [5.74, 6) is 0. The third kappa shape index (κ3) is 3.90. The maximum Gasteiger partial charge on any atom is 0.0201 e. The zero-order chi connectivity index (χ0) is 9.68. The highest BCUT2D eigenvalue weighted by atomic mass is 32.2. The molecule has 0 saturated heterocycles. The molecule has 2 heteroatoms. The predicted octanol–water partition coefficient (Wildman–Crippen LogP) is 3.18. The van der Waals surface area contributed by atoms with Gasteiger partial charge in [-0.2, -0.15) is 11.8 Å². The molecule has 1 nitrogen and oxygen atoms in total. The van der Waals surface area contributed by atoms with Gasteiger partial charge in [0.05, 0.1) is 0 Å². The SMILES string of the molecule is CCC(C)SC1CCCCCC1N. The molecule has 0 spiro atoms. The highest BCUT2D eigenvalue weighted by Crippen LogP contribution is 2.30. The first-order valence-electron chi connectivity index (χ1n) is 5.65. The Morgan fingerprint density at radius 2 is 2.00 bits per heavy atom. The Balaban J connectivity index is 2.35. The molecule has 1 saturated carbocycles. The fourth-order valence-corrected chi connectivity index (χ4v) is 3.30. The van der Waals surface area contributed by atoms with E-state index in [1.807, 2.05) is 0 Å². The van der Waals surface area contributed by atoms with E-state index < -0.39 is 0 Å². The summed E-state index contributed by atoms with van der Waals surface area (Å²) < 4.78 is 0. The van der Waals surface area contributed by atoms with Crippen LogP contribution < -0.4 is 5.73 Å². The molecule has 0 aromatic rings. The van der Waals surface area contributed by atoms with E-state index in [9.17, 15) is 0 Å². The standard InChI is InChI=1S/C11H23NS/c1-3-9(2)13-11-8-6-4-5-7-10(11)12/h9-11H,3-8,12H2,1-2H3. The Hall–Kier alpha value is 0.310. The highest BCUT2D eigenvalue weighted by molar-refractivity contribution is 8.00. The zero-order valence-corrected chi connectivity index (χ0v) is 9.78. The number of nitrogens with two attached hydrogens (primary N) is 1. The van der Waals surface area contributed by atoms with Gasteiger partial charge in [0.15, 0.2) is 0 Å². The second kappa shape index (κ2) is 5.92. The minimum Gasteiger partial charge on any atom is -0.327 e. The lowest BCUT2D eigenvalue weighted by Crippen LogP contribution is -2.32. The summed E-state index contributed by atoms with van der Waals surface area (Å²) in [6.45, 7) is 4.59. The van der Waals surface area contributed by atoms with Crippen molar-refractivity contribution in [2.75, 3.05) is 0 Å². The lowest BCUT2D eigenvalue weighted by Gasteiger charge is -2.23. The summed E-state index contributed by atoms with van der Waals surface area (Å²) in [6.07, 6.45) is 7.99. The normalized spacial score (nSPS) is 32.5. The largest absolute Gasteiger partial charge is 0.327 e. The van der Waals surface area contributed by atoms with Crippen LogP contribution in [0.15, 0.2) is 0 Å². The molecule has 3 atom stereocenters. The van der Waals surface area contributed by atoms with Crippen molar-refractivity contribution in [1.29, 1.82) is 0 Å². The lowest BCUT2D eigenvalue weighted by atomic mass is 10.1. The molecule has 0 aliphatic heterocycles. The van der Waals surface area contributed by atoms with E-state index in [0.29, 0.717) is 6.04 Å². The van der Waals surface area contributed by atoms with Gasteiger partial charge in [0.2, 0.25) is 0 Å². The van der Waals surface area contributed by atoms with Crippen molar-refractivity contribution < 1.29 is 0 Å². The van der Waals surface area contributed by atoms with E-state index in [4.69, 9.17) is 5.73 Å². The van der Waals surface area contributed by atoms with Crippen LogP contribution in [0.2, 0.25) is 0 Å². The number of rotatable bonds is 3. The topological polar surface area (TPSA) is 26.0 Å². The van der Waals surface area contributed by atoms with Gasteiger partial charge in [0.25, 0.3) is 0 Å². The van der Waals surface area contributed by atoms with Crippen LogP contribution in [-0.2, 0) is 0 Å². The van der Waals surface area contributed by atoms with Crippen LogP contribution in [0.4, 0.5) is 0 Å². The van der Waals surface area contributed by atoms with E-state index in [-0.39, 0.29) is 0 Å². The maximum atomic E-state index is 6.16. The minimum absolute atomic E-state index is 0.460. The molecule has 0 amide bonds. The van der Waals surface area contributed by atoms with Gasteiger partial charge in [0.1, 0.15) is 0 Å². The van der Waals surface area contributed by atoms with E-state index in [2.05, 4.69) is 25.6 Å². The molecule has 2 N–H and O–H groups in total. The van der Waals surface area contributed by atoms with Gasteiger partial charge in [0, 0.05) is 16.5 Å². The first-order valence-corrected chi connectivity index (χ1v) is 6.59. The Labute approximate surface area is 86.8 Å². The summed E-state index contributed by atoms with van der Waals surface area (Å²) in [6, 6.07) is 0.460. The van der Waals surface area contributed by atoms with Gasteiger partial charge < -0.3 is 5.73 Å². The van der Waals surface area contributed by atoms with E-state index in [1.54, 1.807) is 0 Å². The van der Waals surface area contributed by atoms with Gasteiger partial charge in [-0.3, -0.25) is 0 Å². The average molecular weight is 201 g/mol. The van der Waals surface area contributed by atoms with Crippen molar-refractivity contribution >= 4 is 11.8 Å². The van der Waals surface area contributed by atoms with Crippen molar-refractivity contribution in [2.24, 2.45) is 5.73 Å². The quantitative estimate of drug-likeness (QED) is 0.710. The first-order chi connectivity index (χ1) is 6.24. The van der Waals surface area contributed by atoms with E-state index >= 15 is 0 Å². The fraction of sp³-hybridized carbons (Fsp3) is 1.00. The van der Waals surface area contributed by atoms with Gasteiger partial charge in [-0.05, 0) is 19.3 Å². The van der Waals surface area contributed by atoms with Crippen LogP contribution >= 0.6 is 11.8 Å². The molecular formula is C11H23NS. The third-order valence-corrected chi connectivity index (χ3v) is 4.72. The Morgan fingerprint density at radius 1 is 1.31 bits per heavy atom. The summed E-state index contributed by atoms with van der Waals surface area (Å²) in [7, 11) is 0. The second-order valence-electron chi connectivity index (χ2n) is 4.20. The summed E-state index contributed by atoms with van der Waals surface area (Å²) in [5.41, 5.74) is 6.16. The molecule has 0 aromatic heterocycles. The molecule has 1 aliphatic carbocycles. The van der Waals surface area contributed by atoms with Gasteiger partial charge in [-0.1, -0.05) is 33.1 Å². The molecule has 0 heterocycles. The van der Waals surface area contributed by atoms with Gasteiger partial charge >= 0.3 is 0 Å². The lowest BCUT2D eigenvalue weighted by molar-refractivity contribution is 0.594. The molecule has 0 bridgehead atoms. The van der Waals surface area contributed by atoms with Crippen LogP contribution in [0.3, 0.4) is 0 Å². The molecule has 78 valence electrons. The minimum atomic E-state index is 0.460. The zero-order valence-electron chi connectivity index (χ0n) is 8.96. The Bertz CT molecular complexity index is 138. The van der Waals surface area contributed by atoms with Crippen molar-refractivity contribution in [1.82, 2.24) is 0 Å². The fourth-order valence-electron chi connectivity index (χ4n) is 1.87. The van der Waals surface area contributed by atoms with Crippen LogP contribution in [0.1, 0.15) is 52.4 Å².